The molecule has 0 aliphatic carbocycles. The zero-order valence-corrected chi connectivity index (χ0v) is 18.7. The number of nitrogens with one attached hydrogen (secondary N) is 2. The molecular weight excluding hydrogens is 420 g/mol. The Hall–Kier alpha value is -4.00. The van der Waals surface area contributed by atoms with Gasteiger partial charge in [-0.1, -0.05) is 54.6 Å². The van der Waals surface area contributed by atoms with Gasteiger partial charge in [0.2, 0.25) is 6.10 Å². The summed E-state index contributed by atoms with van der Waals surface area (Å²) < 4.78 is 16.9. The molecule has 7 nitrogen and oxygen atoms in total. The van der Waals surface area contributed by atoms with E-state index >= 15 is 0 Å². The average molecular weight is 449 g/mol. The molecule has 3 rings (SSSR count). The Labute approximate surface area is 193 Å². The van der Waals surface area contributed by atoms with Crippen molar-refractivity contribution in [1.82, 2.24) is 10.6 Å². The molecule has 1 unspecified atom stereocenters. The molecule has 3 aromatic carbocycles. The molecule has 0 bridgehead atoms. The maximum absolute atomic E-state index is 13.0. The second-order valence-electron chi connectivity index (χ2n) is 7.17. The van der Waals surface area contributed by atoms with Crippen LogP contribution >= 0.6 is 0 Å². The fraction of sp³-hybridized carbons (Fsp3) is 0.231. The monoisotopic (exact) mass is 448 g/mol. The number of carbonyl (C=O) groups is 2. The van der Waals surface area contributed by atoms with Crippen LogP contribution in [0.1, 0.15) is 24.2 Å². The lowest BCUT2D eigenvalue weighted by atomic mass is 10.1. The van der Waals surface area contributed by atoms with E-state index in [1.165, 1.54) is 7.11 Å². The number of hydrogen-bond donors (Lipinski definition) is 2. The van der Waals surface area contributed by atoms with E-state index in [0.29, 0.717) is 23.8 Å². The van der Waals surface area contributed by atoms with Crippen LogP contribution in [0.5, 0.6) is 17.2 Å². The third-order valence-corrected chi connectivity index (χ3v) is 4.77. The standard InChI is InChI=1S/C26H28N2O5/c1-3-27-24(29)18-32-22-15-14-19(16-23(22)31-2)17-28-26(30)25(20-10-6-4-7-11-20)33-21-12-8-5-9-13-21/h4-16,25H,3,17-18H2,1-2H3,(H,27,29)(H,28,30). The van der Waals surface area contributed by atoms with E-state index in [-0.39, 0.29) is 25.0 Å². The van der Waals surface area contributed by atoms with Crippen molar-refractivity contribution in [2.45, 2.75) is 19.6 Å². The summed E-state index contributed by atoms with van der Waals surface area (Å²) >= 11 is 0. The van der Waals surface area contributed by atoms with Crippen molar-refractivity contribution in [3.8, 4) is 17.2 Å². The highest BCUT2D eigenvalue weighted by molar-refractivity contribution is 5.82. The molecule has 0 saturated carbocycles. The Balaban J connectivity index is 1.67. The highest BCUT2D eigenvalue weighted by atomic mass is 16.5. The first-order valence-corrected chi connectivity index (χ1v) is 10.7. The maximum atomic E-state index is 13.0. The molecule has 0 aliphatic rings. The van der Waals surface area contributed by atoms with E-state index in [1.807, 2.05) is 73.7 Å². The Bertz CT molecular complexity index is 1040. The van der Waals surface area contributed by atoms with Crippen LogP contribution in [0.25, 0.3) is 0 Å². The summed E-state index contributed by atoms with van der Waals surface area (Å²) in [7, 11) is 1.52. The molecule has 33 heavy (non-hydrogen) atoms. The molecule has 0 spiro atoms. The van der Waals surface area contributed by atoms with Gasteiger partial charge in [0, 0.05) is 18.7 Å². The van der Waals surface area contributed by atoms with Gasteiger partial charge in [0.15, 0.2) is 18.1 Å². The quantitative estimate of drug-likeness (QED) is 0.468. The van der Waals surface area contributed by atoms with Gasteiger partial charge in [-0.05, 0) is 36.8 Å². The van der Waals surface area contributed by atoms with Gasteiger partial charge in [-0.15, -0.1) is 0 Å². The van der Waals surface area contributed by atoms with Crippen LogP contribution < -0.4 is 24.8 Å². The van der Waals surface area contributed by atoms with Gasteiger partial charge in [0.25, 0.3) is 11.8 Å². The number of hydrogen-bond acceptors (Lipinski definition) is 5. The molecule has 0 heterocycles. The van der Waals surface area contributed by atoms with Gasteiger partial charge in [-0.2, -0.15) is 0 Å². The molecule has 2 N–H and O–H groups in total. The minimum Gasteiger partial charge on any atom is -0.493 e. The minimum absolute atomic E-state index is 0.101. The molecule has 3 aromatic rings. The molecule has 0 radical (unpaired) electrons. The first-order chi connectivity index (χ1) is 16.1. The second-order valence-corrected chi connectivity index (χ2v) is 7.17. The Kier molecular flexibility index (Phi) is 8.71. The van der Waals surface area contributed by atoms with Crippen molar-refractivity contribution in [3.05, 3.63) is 90.0 Å². The summed E-state index contributed by atoms with van der Waals surface area (Å²) in [4.78, 5) is 24.7. The lowest BCUT2D eigenvalue weighted by molar-refractivity contribution is -0.128. The summed E-state index contributed by atoms with van der Waals surface area (Å²) in [6, 6.07) is 23.9. The first-order valence-electron chi connectivity index (χ1n) is 10.7. The van der Waals surface area contributed by atoms with E-state index in [2.05, 4.69) is 10.6 Å². The molecule has 2 amide bonds. The zero-order chi connectivity index (χ0) is 23.5. The first kappa shape index (κ1) is 23.7. The molecule has 0 fully saturated rings. The van der Waals surface area contributed by atoms with Gasteiger partial charge < -0.3 is 24.8 Å². The smallest absolute Gasteiger partial charge is 0.266 e. The SMILES string of the molecule is CCNC(=O)COc1ccc(CNC(=O)C(Oc2ccccc2)c2ccccc2)cc1OC. The predicted octanol–water partition coefficient (Wildman–Crippen LogP) is 3.65. The fourth-order valence-corrected chi connectivity index (χ4v) is 3.15. The van der Waals surface area contributed by atoms with Gasteiger partial charge in [0.1, 0.15) is 5.75 Å². The molecular formula is C26H28N2O5. The third-order valence-electron chi connectivity index (χ3n) is 4.77. The van der Waals surface area contributed by atoms with Crippen molar-refractivity contribution in [1.29, 1.82) is 0 Å². The number of para-hydroxylation sites is 1. The van der Waals surface area contributed by atoms with E-state index < -0.39 is 6.10 Å². The van der Waals surface area contributed by atoms with Crippen LogP contribution in [0, 0.1) is 0 Å². The normalized spacial score (nSPS) is 11.2. The van der Waals surface area contributed by atoms with Crippen LogP contribution in [0.3, 0.4) is 0 Å². The molecule has 7 heteroatoms. The maximum Gasteiger partial charge on any atom is 0.266 e. The van der Waals surface area contributed by atoms with E-state index in [1.54, 1.807) is 12.1 Å². The Morgan fingerprint density at radius 2 is 1.58 bits per heavy atom. The molecule has 0 aliphatic heterocycles. The van der Waals surface area contributed by atoms with Crippen LogP contribution in [0.15, 0.2) is 78.9 Å². The van der Waals surface area contributed by atoms with E-state index in [9.17, 15) is 9.59 Å². The highest BCUT2D eigenvalue weighted by Gasteiger charge is 2.22. The highest BCUT2D eigenvalue weighted by Crippen LogP contribution is 2.28. The van der Waals surface area contributed by atoms with Gasteiger partial charge in [-0.25, -0.2) is 0 Å². The lowest BCUT2D eigenvalue weighted by Crippen LogP contribution is -2.32. The molecule has 0 aromatic heterocycles. The van der Waals surface area contributed by atoms with Crippen molar-refractivity contribution in [2.75, 3.05) is 20.3 Å². The number of likely N-dealkylation sites (N-methyl/N-ethyl adjacent to an activating group) is 1. The predicted molar refractivity (Wildman–Crippen MR) is 125 cm³/mol. The van der Waals surface area contributed by atoms with Crippen LogP contribution in [-0.2, 0) is 16.1 Å². The van der Waals surface area contributed by atoms with Crippen molar-refractivity contribution >= 4 is 11.8 Å². The summed E-state index contributed by atoms with van der Waals surface area (Å²) in [6.07, 6.45) is -0.796. The number of methoxy groups -OCH3 is 1. The lowest BCUT2D eigenvalue weighted by Gasteiger charge is -2.19. The average Bonchev–Trinajstić information content (AvgIpc) is 2.86. The van der Waals surface area contributed by atoms with Gasteiger partial charge in [0.05, 0.1) is 7.11 Å². The van der Waals surface area contributed by atoms with Crippen molar-refractivity contribution in [3.63, 3.8) is 0 Å². The van der Waals surface area contributed by atoms with Crippen LogP contribution in [-0.4, -0.2) is 32.1 Å². The summed E-state index contributed by atoms with van der Waals surface area (Å²) in [5.41, 5.74) is 1.57. The molecule has 1 atom stereocenters. The van der Waals surface area contributed by atoms with E-state index in [0.717, 1.165) is 11.1 Å². The number of benzene rings is 3. The van der Waals surface area contributed by atoms with Crippen molar-refractivity contribution in [2.24, 2.45) is 0 Å². The molecule has 0 saturated heterocycles. The number of carbonyl (C=O) groups excluding carboxylic acids is 2. The molecule has 172 valence electrons. The van der Waals surface area contributed by atoms with Crippen LogP contribution in [0.4, 0.5) is 0 Å². The Morgan fingerprint density at radius 1 is 0.879 bits per heavy atom. The van der Waals surface area contributed by atoms with Crippen molar-refractivity contribution < 1.29 is 23.8 Å². The summed E-state index contributed by atoms with van der Waals surface area (Å²) in [6.45, 7) is 2.55. The van der Waals surface area contributed by atoms with Gasteiger partial charge in [-0.3, -0.25) is 9.59 Å². The van der Waals surface area contributed by atoms with Gasteiger partial charge >= 0.3 is 0 Å². The third kappa shape index (κ3) is 7.00. The topological polar surface area (TPSA) is 85.9 Å². The summed E-state index contributed by atoms with van der Waals surface area (Å²) in [5.74, 6) is 1.07. The summed E-state index contributed by atoms with van der Waals surface area (Å²) in [5, 5.41) is 5.61. The fourth-order valence-electron chi connectivity index (χ4n) is 3.15. The van der Waals surface area contributed by atoms with E-state index in [4.69, 9.17) is 14.2 Å². The number of amides is 2. The second kappa shape index (κ2) is 12.1. The Morgan fingerprint density at radius 3 is 2.24 bits per heavy atom. The zero-order valence-electron chi connectivity index (χ0n) is 18.7. The largest absolute Gasteiger partial charge is 0.493 e. The number of ether oxygens (including phenoxy) is 3. The minimum atomic E-state index is -0.796. The van der Waals surface area contributed by atoms with Crippen LogP contribution in [0.2, 0.25) is 0 Å². The number of rotatable bonds is 11.